The molecule has 1 aliphatic heterocycles. The summed E-state index contributed by atoms with van der Waals surface area (Å²) in [4.78, 5) is 14.2. The smallest absolute Gasteiger partial charge is 0.146 e. The minimum Gasteiger partial charge on any atom is -0.489 e. The molecule has 192 valence electrons. The molecule has 2 fully saturated rings. The van der Waals surface area contributed by atoms with Crippen LogP contribution in [0.15, 0.2) is 67.1 Å². The Labute approximate surface area is 218 Å². The van der Waals surface area contributed by atoms with Gasteiger partial charge in [0.05, 0.1) is 5.39 Å². The van der Waals surface area contributed by atoms with Crippen LogP contribution in [0.4, 0.5) is 5.82 Å². The second-order valence-corrected chi connectivity index (χ2v) is 10.5. The van der Waals surface area contributed by atoms with Crippen molar-refractivity contribution in [3.8, 4) is 16.9 Å². The van der Waals surface area contributed by atoms with Crippen molar-refractivity contribution in [2.24, 2.45) is 0 Å². The predicted octanol–water partition coefficient (Wildman–Crippen LogP) is 4.99. The van der Waals surface area contributed by atoms with Crippen molar-refractivity contribution in [2.75, 3.05) is 39.0 Å². The van der Waals surface area contributed by atoms with Crippen LogP contribution in [0.1, 0.15) is 37.3 Å². The molecular weight excluding hydrogens is 460 g/mol. The number of nitrogens with zero attached hydrogens (tertiary/aromatic N) is 5. The SMILES string of the molecule is CN1CCN([C@H]2CC[C@@H](n3cc(-c4cccc(OCc5ccccc5)c4)c4c(N)ncnc43)CC2)CC1. The molecule has 0 bridgehead atoms. The van der Waals surface area contributed by atoms with Crippen LogP contribution >= 0.6 is 0 Å². The zero-order chi connectivity index (χ0) is 25.2. The summed E-state index contributed by atoms with van der Waals surface area (Å²) >= 11 is 0. The summed E-state index contributed by atoms with van der Waals surface area (Å²) in [5, 5.41) is 0.934. The van der Waals surface area contributed by atoms with Gasteiger partial charge in [-0.3, -0.25) is 4.90 Å². The Morgan fingerprint density at radius 3 is 2.43 bits per heavy atom. The van der Waals surface area contributed by atoms with Gasteiger partial charge in [-0.05, 0) is 56.0 Å². The predicted molar refractivity (Wildman–Crippen MR) is 149 cm³/mol. The number of hydrogen-bond acceptors (Lipinski definition) is 6. The molecule has 2 aromatic heterocycles. The van der Waals surface area contributed by atoms with Crippen molar-refractivity contribution in [3.05, 3.63) is 72.7 Å². The highest BCUT2D eigenvalue weighted by molar-refractivity contribution is 6.00. The van der Waals surface area contributed by atoms with Gasteiger partial charge in [0.25, 0.3) is 0 Å². The molecule has 0 atom stereocenters. The normalized spacial score (nSPS) is 21.3. The number of fused-ring (bicyclic) bond motifs is 1. The molecule has 3 heterocycles. The van der Waals surface area contributed by atoms with E-state index in [4.69, 9.17) is 15.5 Å². The van der Waals surface area contributed by atoms with E-state index in [9.17, 15) is 0 Å². The van der Waals surface area contributed by atoms with E-state index in [1.165, 1.54) is 39.0 Å². The molecule has 6 rings (SSSR count). The zero-order valence-electron chi connectivity index (χ0n) is 21.6. The number of anilines is 1. The van der Waals surface area contributed by atoms with Gasteiger partial charge in [-0.1, -0.05) is 42.5 Å². The van der Waals surface area contributed by atoms with Crippen molar-refractivity contribution >= 4 is 16.9 Å². The first-order valence-corrected chi connectivity index (χ1v) is 13.5. The van der Waals surface area contributed by atoms with Crippen LogP contribution < -0.4 is 10.5 Å². The van der Waals surface area contributed by atoms with Crippen LogP contribution in [0.3, 0.4) is 0 Å². The Morgan fingerprint density at radius 1 is 0.892 bits per heavy atom. The molecule has 7 nitrogen and oxygen atoms in total. The topological polar surface area (TPSA) is 72.4 Å². The second kappa shape index (κ2) is 10.5. The maximum atomic E-state index is 6.43. The molecule has 1 aliphatic carbocycles. The maximum Gasteiger partial charge on any atom is 0.146 e. The molecule has 2 aromatic carbocycles. The van der Waals surface area contributed by atoms with E-state index in [2.05, 4.69) is 56.9 Å². The number of piperazine rings is 1. The minimum absolute atomic E-state index is 0.423. The van der Waals surface area contributed by atoms with E-state index in [0.29, 0.717) is 24.5 Å². The van der Waals surface area contributed by atoms with E-state index in [1.54, 1.807) is 6.33 Å². The monoisotopic (exact) mass is 496 g/mol. The van der Waals surface area contributed by atoms with Gasteiger partial charge in [-0.2, -0.15) is 0 Å². The van der Waals surface area contributed by atoms with Gasteiger partial charge in [0.15, 0.2) is 0 Å². The molecular formula is C30H36N6O. The lowest BCUT2D eigenvalue weighted by Crippen LogP contribution is -2.49. The van der Waals surface area contributed by atoms with E-state index in [0.717, 1.165) is 46.3 Å². The number of aromatic nitrogens is 3. The molecule has 4 aromatic rings. The summed E-state index contributed by atoms with van der Waals surface area (Å²) in [6.07, 6.45) is 8.61. The highest BCUT2D eigenvalue weighted by Gasteiger charge is 2.30. The first kappa shape index (κ1) is 23.9. The van der Waals surface area contributed by atoms with Crippen molar-refractivity contribution < 1.29 is 4.74 Å². The lowest BCUT2D eigenvalue weighted by Gasteiger charge is -2.41. The maximum absolute atomic E-state index is 6.43. The highest BCUT2D eigenvalue weighted by Crippen LogP contribution is 2.39. The number of nitrogens with two attached hydrogens (primary N) is 1. The summed E-state index contributed by atoms with van der Waals surface area (Å²) in [5.74, 6) is 1.37. The van der Waals surface area contributed by atoms with Gasteiger partial charge >= 0.3 is 0 Å². The number of ether oxygens (including phenoxy) is 1. The van der Waals surface area contributed by atoms with Gasteiger partial charge in [-0.15, -0.1) is 0 Å². The minimum atomic E-state index is 0.423. The third kappa shape index (κ3) is 5.06. The molecule has 7 heteroatoms. The first-order chi connectivity index (χ1) is 18.2. The van der Waals surface area contributed by atoms with Crippen molar-refractivity contribution in [1.29, 1.82) is 0 Å². The molecule has 0 spiro atoms. The second-order valence-electron chi connectivity index (χ2n) is 10.5. The number of likely N-dealkylation sites (N-methyl/N-ethyl adjacent to an activating group) is 1. The quantitative estimate of drug-likeness (QED) is 0.405. The standard InChI is InChI=1S/C30H36N6O/c1-34-14-16-35(17-15-34)24-10-12-25(13-11-24)36-19-27(28-29(31)32-21-33-30(28)36)23-8-5-9-26(18-23)37-20-22-6-3-2-4-7-22/h2-9,18-19,21,24-25H,10-17,20H2,1H3,(H2,31,32,33)/t24-,25+. The molecule has 2 aliphatic rings. The Morgan fingerprint density at radius 2 is 1.65 bits per heavy atom. The highest BCUT2D eigenvalue weighted by atomic mass is 16.5. The number of hydrogen-bond donors (Lipinski definition) is 1. The zero-order valence-corrected chi connectivity index (χ0v) is 21.6. The van der Waals surface area contributed by atoms with E-state index < -0.39 is 0 Å². The fraction of sp³-hybridized carbons (Fsp3) is 0.400. The van der Waals surface area contributed by atoms with Crippen molar-refractivity contribution in [2.45, 2.75) is 44.4 Å². The van der Waals surface area contributed by atoms with Crippen LogP contribution in [-0.2, 0) is 6.61 Å². The summed E-state index contributed by atoms with van der Waals surface area (Å²) in [6.45, 7) is 5.27. The Hall–Kier alpha value is -3.42. The number of rotatable bonds is 6. The molecule has 0 amide bonds. The van der Waals surface area contributed by atoms with Crippen LogP contribution in [0.5, 0.6) is 5.75 Å². The van der Waals surface area contributed by atoms with Gasteiger partial charge in [0, 0.05) is 50.0 Å². The molecule has 0 radical (unpaired) electrons. The summed E-state index contributed by atoms with van der Waals surface area (Å²) in [5.41, 5.74) is 10.7. The Bertz CT molecular complexity index is 1340. The van der Waals surface area contributed by atoms with E-state index in [1.807, 2.05) is 30.3 Å². The van der Waals surface area contributed by atoms with Crippen molar-refractivity contribution in [1.82, 2.24) is 24.3 Å². The summed E-state index contributed by atoms with van der Waals surface area (Å²) in [7, 11) is 2.22. The molecule has 1 saturated carbocycles. The van der Waals surface area contributed by atoms with Gasteiger partial charge < -0.3 is 19.9 Å². The Kier molecular flexibility index (Phi) is 6.81. The van der Waals surface area contributed by atoms with Crippen LogP contribution in [-0.4, -0.2) is 63.6 Å². The lowest BCUT2D eigenvalue weighted by atomic mass is 9.89. The van der Waals surface area contributed by atoms with Gasteiger partial charge in [0.1, 0.15) is 30.1 Å². The number of nitrogen functional groups attached to an aromatic ring is 1. The van der Waals surface area contributed by atoms with Gasteiger partial charge in [0.2, 0.25) is 0 Å². The average Bonchev–Trinajstić information content (AvgIpc) is 3.34. The third-order valence-electron chi connectivity index (χ3n) is 8.15. The van der Waals surface area contributed by atoms with Crippen LogP contribution in [0.25, 0.3) is 22.2 Å². The van der Waals surface area contributed by atoms with Crippen LogP contribution in [0.2, 0.25) is 0 Å². The molecule has 37 heavy (non-hydrogen) atoms. The van der Waals surface area contributed by atoms with Gasteiger partial charge in [-0.25, -0.2) is 9.97 Å². The van der Waals surface area contributed by atoms with E-state index in [-0.39, 0.29) is 0 Å². The van der Waals surface area contributed by atoms with Crippen LogP contribution in [0, 0.1) is 0 Å². The summed E-state index contributed by atoms with van der Waals surface area (Å²) < 4.78 is 8.48. The molecule has 0 unspecified atom stereocenters. The molecule has 1 saturated heterocycles. The fourth-order valence-electron chi connectivity index (χ4n) is 5.99. The number of benzene rings is 2. The van der Waals surface area contributed by atoms with Crippen molar-refractivity contribution in [3.63, 3.8) is 0 Å². The molecule has 2 N–H and O–H groups in total. The first-order valence-electron chi connectivity index (χ1n) is 13.5. The fourth-order valence-corrected chi connectivity index (χ4v) is 5.99. The Balaban J connectivity index is 1.24. The average molecular weight is 497 g/mol. The van der Waals surface area contributed by atoms with E-state index >= 15 is 0 Å². The summed E-state index contributed by atoms with van der Waals surface area (Å²) in [6, 6.07) is 19.6. The third-order valence-corrected chi connectivity index (χ3v) is 8.15. The lowest BCUT2D eigenvalue weighted by molar-refractivity contribution is 0.0828. The largest absolute Gasteiger partial charge is 0.489 e.